The zero-order valence-corrected chi connectivity index (χ0v) is 11.7. The summed E-state index contributed by atoms with van der Waals surface area (Å²) in [7, 11) is 1.59. The van der Waals surface area contributed by atoms with Crippen molar-refractivity contribution in [2.75, 3.05) is 12.4 Å². The number of rotatable bonds is 3. The molecule has 1 heterocycles. The highest BCUT2D eigenvalue weighted by Gasteiger charge is 2.07. The van der Waals surface area contributed by atoms with Gasteiger partial charge in [0.15, 0.2) is 0 Å². The van der Waals surface area contributed by atoms with Crippen molar-refractivity contribution in [1.82, 2.24) is 9.97 Å². The van der Waals surface area contributed by atoms with Gasteiger partial charge in [-0.3, -0.25) is 0 Å². The number of nitrogens with one attached hydrogen (secondary N) is 1. The van der Waals surface area contributed by atoms with Crippen molar-refractivity contribution in [3.05, 3.63) is 54.1 Å². The lowest BCUT2D eigenvalue weighted by molar-refractivity contribution is 0.415. The Labute approximate surface area is 126 Å². The van der Waals surface area contributed by atoms with Gasteiger partial charge in [-0.1, -0.05) is 0 Å². The maximum absolute atomic E-state index is 13.4. The maximum atomic E-state index is 13.4. The molecule has 0 fully saturated rings. The fraction of sp³-hybridized carbons (Fsp3) is 0.0625. The number of anilines is 2. The van der Waals surface area contributed by atoms with Crippen molar-refractivity contribution in [3.8, 4) is 11.8 Å². The monoisotopic (exact) mass is 294 g/mol. The van der Waals surface area contributed by atoms with Gasteiger partial charge in [0.05, 0.1) is 18.2 Å². The predicted molar refractivity (Wildman–Crippen MR) is 80.5 cm³/mol. The normalized spacial score (nSPS) is 10.2. The first-order valence-corrected chi connectivity index (χ1v) is 6.46. The minimum absolute atomic E-state index is 0.0231. The van der Waals surface area contributed by atoms with Crippen molar-refractivity contribution in [1.29, 1.82) is 5.26 Å². The summed E-state index contributed by atoms with van der Waals surface area (Å²) in [5, 5.41) is 12.8. The topological polar surface area (TPSA) is 70.8 Å². The molecule has 2 aromatic carbocycles. The Morgan fingerprint density at radius 2 is 2.05 bits per heavy atom. The van der Waals surface area contributed by atoms with Crippen LogP contribution in [0.25, 0.3) is 10.9 Å². The number of hydrogen-bond acceptors (Lipinski definition) is 5. The summed E-state index contributed by atoms with van der Waals surface area (Å²) in [5.41, 5.74) is 1.28. The van der Waals surface area contributed by atoms with E-state index in [-0.39, 0.29) is 5.56 Å². The van der Waals surface area contributed by atoms with Crippen LogP contribution in [0.2, 0.25) is 0 Å². The average Bonchev–Trinajstić information content (AvgIpc) is 2.56. The van der Waals surface area contributed by atoms with Crippen LogP contribution in [0.4, 0.5) is 15.9 Å². The van der Waals surface area contributed by atoms with E-state index in [0.29, 0.717) is 17.3 Å². The van der Waals surface area contributed by atoms with Crippen molar-refractivity contribution in [2.24, 2.45) is 0 Å². The minimum atomic E-state index is -0.551. The SMILES string of the molecule is COc1ccc2c(Nc3ccc(F)c(C#N)c3)ncnc2c1. The number of fused-ring (bicyclic) bond motifs is 1. The van der Waals surface area contributed by atoms with Gasteiger partial charge in [0.1, 0.15) is 29.8 Å². The number of benzene rings is 2. The average molecular weight is 294 g/mol. The molecule has 6 heteroatoms. The zero-order valence-electron chi connectivity index (χ0n) is 11.7. The second-order valence-electron chi connectivity index (χ2n) is 4.54. The molecule has 1 N–H and O–H groups in total. The molecule has 22 heavy (non-hydrogen) atoms. The maximum Gasteiger partial charge on any atom is 0.141 e. The van der Waals surface area contributed by atoms with E-state index in [9.17, 15) is 4.39 Å². The largest absolute Gasteiger partial charge is 0.497 e. The second-order valence-corrected chi connectivity index (χ2v) is 4.54. The number of nitriles is 1. The van der Waals surface area contributed by atoms with Gasteiger partial charge in [0, 0.05) is 17.1 Å². The van der Waals surface area contributed by atoms with Crippen LogP contribution in [0.3, 0.4) is 0 Å². The van der Waals surface area contributed by atoms with Crippen LogP contribution in [0.5, 0.6) is 5.75 Å². The third-order valence-electron chi connectivity index (χ3n) is 3.19. The molecule has 0 aliphatic heterocycles. The molecule has 0 saturated carbocycles. The molecule has 1 aromatic heterocycles. The molecule has 0 bridgehead atoms. The van der Waals surface area contributed by atoms with Gasteiger partial charge >= 0.3 is 0 Å². The highest BCUT2D eigenvalue weighted by atomic mass is 19.1. The highest BCUT2D eigenvalue weighted by Crippen LogP contribution is 2.26. The Morgan fingerprint density at radius 3 is 2.82 bits per heavy atom. The van der Waals surface area contributed by atoms with Crippen molar-refractivity contribution in [2.45, 2.75) is 0 Å². The van der Waals surface area contributed by atoms with Gasteiger partial charge in [-0.2, -0.15) is 5.26 Å². The fourth-order valence-electron chi connectivity index (χ4n) is 2.09. The lowest BCUT2D eigenvalue weighted by Crippen LogP contribution is -1.97. The first-order valence-electron chi connectivity index (χ1n) is 6.46. The van der Waals surface area contributed by atoms with E-state index < -0.39 is 5.82 Å². The predicted octanol–water partition coefficient (Wildman–Crippen LogP) is 3.39. The number of aromatic nitrogens is 2. The number of ether oxygens (including phenoxy) is 1. The van der Waals surface area contributed by atoms with Crippen molar-refractivity contribution in [3.63, 3.8) is 0 Å². The molecule has 0 unspecified atom stereocenters. The van der Waals surface area contributed by atoms with Crippen LogP contribution in [0, 0.1) is 17.1 Å². The van der Waals surface area contributed by atoms with Crippen LogP contribution in [0.15, 0.2) is 42.7 Å². The number of methoxy groups -OCH3 is 1. The molecule has 0 spiro atoms. The lowest BCUT2D eigenvalue weighted by atomic mass is 10.2. The van der Waals surface area contributed by atoms with Crippen molar-refractivity contribution >= 4 is 22.4 Å². The smallest absolute Gasteiger partial charge is 0.141 e. The molecule has 0 aliphatic carbocycles. The molecule has 3 rings (SSSR count). The van der Waals surface area contributed by atoms with Crippen LogP contribution < -0.4 is 10.1 Å². The quantitative estimate of drug-likeness (QED) is 0.801. The number of hydrogen-bond donors (Lipinski definition) is 1. The molecule has 0 saturated heterocycles. The molecular weight excluding hydrogens is 283 g/mol. The van der Waals surface area contributed by atoms with Gasteiger partial charge in [-0.05, 0) is 30.3 Å². The summed E-state index contributed by atoms with van der Waals surface area (Å²) in [6.45, 7) is 0. The first kappa shape index (κ1) is 13.8. The summed E-state index contributed by atoms with van der Waals surface area (Å²) in [6, 6.07) is 11.5. The van der Waals surface area contributed by atoms with Crippen LogP contribution in [-0.2, 0) is 0 Å². The second kappa shape index (κ2) is 5.66. The van der Waals surface area contributed by atoms with Gasteiger partial charge in [-0.15, -0.1) is 0 Å². The van der Waals surface area contributed by atoms with E-state index in [4.69, 9.17) is 10.00 Å². The molecule has 0 amide bonds. The third kappa shape index (κ3) is 2.52. The minimum Gasteiger partial charge on any atom is -0.497 e. The van der Waals surface area contributed by atoms with Crippen LogP contribution >= 0.6 is 0 Å². The van der Waals surface area contributed by atoms with Crippen LogP contribution in [-0.4, -0.2) is 17.1 Å². The summed E-state index contributed by atoms with van der Waals surface area (Å²) >= 11 is 0. The molecule has 3 aromatic rings. The zero-order chi connectivity index (χ0) is 15.5. The number of nitrogens with zero attached hydrogens (tertiary/aromatic N) is 3. The molecule has 5 nitrogen and oxygen atoms in total. The first-order chi connectivity index (χ1) is 10.7. The van der Waals surface area contributed by atoms with Gasteiger partial charge in [0.2, 0.25) is 0 Å². The Bertz CT molecular complexity index is 889. The number of halogens is 1. The summed E-state index contributed by atoms with van der Waals surface area (Å²) in [6.07, 6.45) is 1.43. The van der Waals surface area contributed by atoms with E-state index in [1.165, 1.54) is 18.5 Å². The standard InChI is InChI=1S/C16H11FN4O/c1-22-12-3-4-13-15(7-12)19-9-20-16(13)21-11-2-5-14(17)10(6-11)8-18/h2-7,9H,1H3,(H,19,20,21). The van der Waals surface area contributed by atoms with E-state index in [2.05, 4.69) is 15.3 Å². The lowest BCUT2D eigenvalue weighted by Gasteiger charge is -2.09. The van der Waals surface area contributed by atoms with Gasteiger partial charge < -0.3 is 10.1 Å². The van der Waals surface area contributed by atoms with E-state index in [0.717, 1.165) is 10.9 Å². The highest BCUT2D eigenvalue weighted by molar-refractivity contribution is 5.91. The Kier molecular flexibility index (Phi) is 3.54. The molecule has 0 aliphatic rings. The fourth-order valence-corrected chi connectivity index (χ4v) is 2.09. The van der Waals surface area contributed by atoms with Gasteiger partial charge in [0.25, 0.3) is 0 Å². The summed E-state index contributed by atoms with van der Waals surface area (Å²) in [4.78, 5) is 8.39. The van der Waals surface area contributed by atoms with E-state index >= 15 is 0 Å². The molecular formula is C16H11FN4O. The molecule has 108 valence electrons. The van der Waals surface area contributed by atoms with E-state index in [1.807, 2.05) is 18.2 Å². The van der Waals surface area contributed by atoms with Gasteiger partial charge in [-0.25, -0.2) is 14.4 Å². The molecule has 0 radical (unpaired) electrons. The summed E-state index contributed by atoms with van der Waals surface area (Å²) < 4.78 is 18.5. The molecule has 0 atom stereocenters. The van der Waals surface area contributed by atoms with Crippen molar-refractivity contribution < 1.29 is 9.13 Å². The van der Waals surface area contributed by atoms with E-state index in [1.54, 1.807) is 19.2 Å². The Morgan fingerprint density at radius 1 is 1.18 bits per heavy atom. The Hall–Kier alpha value is -3.20. The summed E-state index contributed by atoms with van der Waals surface area (Å²) in [5.74, 6) is 0.721. The van der Waals surface area contributed by atoms with Crippen LogP contribution in [0.1, 0.15) is 5.56 Å². The third-order valence-corrected chi connectivity index (χ3v) is 3.19. The Balaban J connectivity index is 2.02.